The van der Waals surface area contributed by atoms with Gasteiger partial charge in [-0.15, -0.1) is 0 Å². The quantitative estimate of drug-likeness (QED) is 0.0378. The maximum absolute atomic E-state index is 13.9. The number of ether oxygens (including phenoxy) is 19. The first kappa shape index (κ1) is 96.1. The first-order valence-electron chi connectivity index (χ1n) is 46.6. The van der Waals surface area contributed by atoms with Crippen molar-refractivity contribution in [1.82, 2.24) is 0 Å². The second-order valence-corrected chi connectivity index (χ2v) is 35.2. The highest BCUT2D eigenvalue weighted by Crippen LogP contribution is 2.44. The van der Waals surface area contributed by atoms with Crippen LogP contribution in [-0.4, -0.2) is 154 Å². The molecule has 700 valence electrons. The Bertz CT molecular complexity index is 5430. The Balaban J connectivity index is 0.846. The SMILES string of the molecule is OC1[C@H](OC2[C@H](OC3[C@H](OC4[C@@H](OCc5ccccc5)[C@@H](OCc5ccccc5)C(COCc5ccccc5)O[C@H]4Sc4ccccc4)OC(COCc4ccccc4)[C@H](OCc4ccccc4)[C@@H]3OCc3ccccc3)OC(COCc3ccccc3)[C@H](OCc3ccccc3)[C@@H]2OCc2ccccc2)OC(COCc2ccccc2)[C@H](OCc2ccccc2)[C@@H]1OCc1ccccc1. The summed E-state index contributed by atoms with van der Waals surface area (Å²) in [6.07, 6.45) is -22.9. The van der Waals surface area contributed by atoms with Crippen molar-refractivity contribution < 1.29 is 95.1 Å². The van der Waals surface area contributed by atoms with Gasteiger partial charge in [0.15, 0.2) is 18.9 Å². The predicted molar refractivity (Wildman–Crippen MR) is 512 cm³/mol. The molecule has 1 N–H and O–H groups in total. The van der Waals surface area contributed by atoms with E-state index < -0.39 is 122 Å². The van der Waals surface area contributed by atoms with Gasteiger partial charge in [-0.05, 0) is 78.9 Å². The smallest absolute Gasteiger partial charge is 0.187 e. The fraction of sp³-hybridized carbons (Fsp3) is 0.316. The Morgan fingerprint density at radius 3 is 0.630 bits per heavy atom. The lowest BCUT2D eigenvalue weighted by molar-refractivity contribution is -0.410. The summed E-state index contributed by atoms with van der Waals surface area (Å²) in [4.78, 5) is 0.870. The minimum atomic E-state index is -1.63. The molecule has 4 saturated heterocycles. The van der Waals surface area contributed by atoms with Gasteiger partial charge < -0.3 is 95.1 Å². The van der Waals surface area contributed by atoms with E-state index in [9.17, 15) is 5.11 Å². The molecule has 0 aromatic heterocycles. The topological polar surface area (TPSA) is 196 Å². The summed E-state index contributed by atoms with van der Waals surface area (Å²) >= 11 is 1.47. The van der Waals surface area contributed by atoms with Crippen LogP contribution in [-0.2, 0) is 169 Å². The molecule has 0 spiro atoms. The zero-order chi connectivity index (χ0) is 91.5. The number of rotatable bonds is 48. The molecule has 0 amide bonds. The normalized spacial score (nSPS) is 25.2. The molecule has 20 atom stereocenters. The van der Waals surface area contributed by atoms with Gasteiger partial charge in [-0.3, -0.25) is 0 Å². The number of hydrogen-bond donors (Lipinski definition) is 1. The van der Waals surface area contributed by atoms with Crippen LogP contribution in [0.2, 0.25) is 0 Å². The minimum Gasteiger partial charge on any atom is -0.385 e. The monoisotopic (exact) mass is 1840 g/mol. The number of thioether (sulfide) groups is 1. The fourth-order valence-corrected chi connectivity index (χ4v) is 18.3. The van der Waals surface area contributed by atoms with E-state index in [1.54, 1.807) is 0 Å². The molecule has 0 radical (unpaired) electrons. The third-order valence-electron chi connectivity index (χ3n) is 24.1. The van der Waals surface area contributed by atoms with Gasteiger partial charge in [0.1, 0.15) is 103 Å². The van der Waals surface area contributed by atoms with Crippen LogP contribution in [0.3, 0.4) is 0 Å². The van der Waals surface area contributed by atoms with E-state index in [-0.39, 0.29) is 106 Å². The van der Waals surface area contributed by atoms with Gasteiger partial charge in [0, 0.05) is 4.90 Å². The summed E-state index contributed by atoms with van der Waals surface area (Å²) in [7, 11) is 0. The Kier molecular flexibility index (Phi) is 36.7. The highest BCUT2D eigenvalue weighted by atomic mass is 32.2. The van der Waals surface area contributed by atoms with Crippen LogP contribution in [0.15, 0.2) is 399 Å². The second kappa shape index (κ2) is 51.5. The molecule has 20 nitrogen and oxygen atoms in total. The molecule has 0 saturated carbocycles. The van der Waals surface area contributed by atoms with E-state index >= 15 is 0 Å². The van der Waals surface area contributed by atoms with E-state index in [4.69, 9.17) is 90.0 Å². The highest BCUT2D eigenvalue weighted by Gasteiger charge is 2.60. The van der Waals surface area contributed by atoms with E-state index in [0.29, 0.717) is 0 Å². The molecule has 13 aromatic rings. The minimum absolute atomic E-state index is 0.0165. The summed E-state index contributed by atoms with van der Waals surface area (Å²) in [5.74, 6) is 0. The Morgan fingerprint density at radius 2 is 0.370 bits per heavy atom. The van der Waals surface area contributed by atoms with E-state index in [0.717, 1.165) is 71.7 Å². The van der Waals surface area contributed by atoms with Crippen molar-refractivity contribution in [2.45, 2.75) is 206 Å². The molecule has 8 unspecified atom stereocenters. The van der Waals surface area contributed by atoms with Gasteiger partial charge in [0.2, 0.25) is 0 Å². The molecule has 21 heteroatoms. The number of benzene rings is 13. The Hall–Kier alpha value is -10.6. The van der Waals surface area contributed by atoms with E-state index in [1.165, 1.54) is 11.8 Å². The highest BCUT2D eigenvalue weighted by molar-refractivity contribution is 7.99. The van der Waals surface area contributed by atoms with Crippen LogP contribution in [0.25, 0.3) is 0 Å². The summed E-state index contributed by atoms with van der Waals surface area (Å²) in [6, 6.07) is 130. The van der Waals surface area contributed by atoms with E-state index in [1.807, 2.05) is 394 Å². The zero-order valence-corrected chi connectivity index (χ0v) is 76.3. The molecule has 0 bridgehead atoms. The van der Waals surface area contributed by atoms with Crippen molar-refractivity contribution in [3.05, 3.63) is 461 Å². The maximum Gasteiger partial charge on any atom is 0.187 e. The number of hydrogen-bond acceptors (Lipinski definition) is 21. The van der Waals surface area contributed by atoms with Crippen molar-refractivity contribution in [2.75, 3.05) is 26.4 Å². The number of aliphatic hydroxyl groups is 1. The average Bonchev–Trinajstić information content (AvgIpc) is 0.753. The average molecular weight is 1840 g/mol. The molecule has 4 aliphatic rings. The molecular formula is C114H118O20S. The summed E-state index contributed by atoms with van der Waals surface area (Å²) < 4.78 is 142. The summed E-state index contributed by atoms with van der Waals surface area (Å²) in [5, 5.41) is 13.9. The van der Waals surface area contributed by atoms with Crippen LogP contribution < -0.4 is 0 Å². The number of aliphatic hydroxyl groups excluding tert-OH is 1. The van der Waals surface area contributed by atoms with Crippen LogP contribution in [0.4, 0.5) is 0 Å². The molecule has 4 aliphatic heterocycles. The van der Waals surface area contributed by atoms with Gasteiger partial charge in [-0.1, -0.05) is 394 Å². The zero-order valence-electron chi connectivity index (χ0n) is 75.5. The second-order valence-electron chi connectivity index (χ2n) is 34.0. The van der Waals surface area contributed by atoms with Crippen LogP contribution in [0.1, 0.15) is 66.8 Å². The molecule has 4 heterocycles. The molecule has 135 heavy (non-hydrogen) atoms. The lowest BCUT2D eigenvalue weighted by Crippen LogP contribution is -2.69. The third-order valence-corrected chi connectivity index (χ3v) is 25.3. The Morgan fingerprint density at radius 1 is 0.185 bits per heavy atom. The van der Waals surface area contributed by atoms with Crippen molar-refractivity contribution in [3.63, 3.8) is 0 Å². The summed E-state index contributed by atoms with van der Waals surface area (Å²) in [5.41, 5.74) is 9.80. The first-order chi connectivity index (χ1) is 66.9. The van der Waals surface area contributed by atoms with Crippen molar-refractivity contribution in [1.29, 1.82) is 0 Å². The molecular weight excluding hydrogens is 1720 g/mol. The van der Waals surface area contributed by atoms with Crippen molar-refractivity contribution >= 4 is 11.8 Å². The predicted octanol–water partition coefficient (Wildman–Crippen LogP) is 19.7. The summed E-state index contributed by atoms with van der Waals surface area (Å²) in [6.45, 7) is 1.47. The van der Waals surface area contributed by atoms with Crippen LogP contribution in [0.5, 0.6) is 0 Å². The first-order valence-corrected chi connectivity index (χ1v) is 47.4. The lowest BCUT2D eigenvalue weighted by atomic mass is 9.95. The fourth-order valence-electron chi connectivity index (χ4n) is 17.2. The van der Waals surface area contributed by atoms with Crippen molar-refractivity contribution in [2.24, 2.45) is 0 Å². The molecule has 17 rings (SSSR count). The third kappa shape index (κ3) is 28.3. The van der Waals surface area contributed by atoms with Gasteiger partial charge in [-0.25, -0.2) is 0 Å². The standard InChI is InChI=1S/C114H118O20S/c115-99-104(124-74-90-56-30-9-31-57-90)100(120-70-86-48-22-5-23-49-86)95(78-116-66-82-40-14-1-15-41-82)128-111(99)132-108-105(125-75-91-58-32-10-33-59-91)101(121-71-87-50-24-6-25-51-87)96(79-117-67-83-42-16-2-17-43-83)129-112(108)133-109-106(126-76-92-60-34-11-35-61-92)102(122-72-88-52-26-7-27-53-88)97(80-118-68-84-44-18-3-19-45-84)130-113(109)134-110-107(127-77-93-62-36-12-37-63-93)103(123-73-89-54-28-8-29-55-89)98(81-119-69-85-46-20-4-21-47-85)131-114(110)135-94-64-38-13-39-65-94/h1-65,95-115H,66-81H2/t95?,96?,97?,98?,99?,100-,101-,102-,103-,104+,105-,106-,107-,108?,109?,110?,111-,112-,113-,114-/m0/s1. The van der Waals surface area contributed by atoms with Crippen LogP contribution >= 0.6 is 11.8 Å². The molecule has 13 aromatic carbocycles. The van der Waals surface area contributed by atoms with Gasteiger partial charge in [0.25, 0.3) is 0 Å². The molecule has 4 fully saturated rings. The van der Waals surface area contributed by atoms with Gasteiger partial charge in [-0.2, -0.15) is 0 Å². The van der Waals surface area contributed by atoms with Gasteiger partial charge >= 0.3 is 0 Å². The maximum atomic E-state index is 13.9. The molecule has 0 aliphatic carbocycles. The van der Waals surface area contributed by atoms with E-state index in [2.05, 4.69) is 0 Å². The van der Waals surface area contributed by atoms with Gasteiger partial charge in [0.05, 0.1) is 106 Å². The largest absolute Gasteiger partial charge is 0.385 e. The Labute approximate surface area is 795 Å². The van der Waals surface area contributed by atoms with Crippen LogP contribution in [0, 0.1) is 0 Å². The van der Waals surface area contributed by atoms with Crippen molar-refractivity contribution in [3.8, 4) is 0 Å². The lowest BCUT2D eigenvalue weighted by Gasteiger charge is -2.52.